The number of rotatable bonds is 5. The minimum absolute atomic E-state index is 0.111. The van der Waals surface area contributed by atoms with Gasteiger partial charge < -0.3 is 14.8 Å². The smallest absolute Gasteiger partial charge is 0.228 e. The van der Waals surface area contributed by atoms with Crippen LogP contribution in [0.5, 0.6) is 11.5 Å². The van der Waals surface area contributed by atoms with Crippen LogP contribution in [-0.4, -0.2) is 25.1 Å². The predicted molar refractivity (Wildman–Crippen MR) is 93.6 cm³/mol. The molecule has 0 fully saturated rings. The minimum Gasteiger partial charge on any atom is -0.497 e. The maximum Gasteiger partial charge on any atom is 0.228 e. The highest BCUT2D eigenvalue weighted by Gasteiger charge is 2.10. The van der Waals surface area contributed by atoms with Crippen LogP contribution in [-0.2, 0) is 11.2 Å². The second kappa shape index (κ2) is 7.00. The lowest BCUT2D eigenvalue weighted by Gasteiger charge is -2.11. The van der Waals surface area contributed by atoms with Crippen LogP contribution < -0.4 is 14.8 Å². The summed E-state index contributed by atoms with van der Waals surface area (Å²) in [6.45, 7) is 0. The normalized spacial score (nSPS) is 10.4. The highest BCUT2D eigenvalue weighted by atomic mass is 16.5. The van der Waals surface area contributed by atoms with Gasteiger partial charge in [-0.1, -0.05) is 18.2 Å². The SMILES string of the molecule is COc1ccc(CC(=O)Nc2cc(OC)cc3cccnc23)cc1. The molecule has 5 nitrogen and oxygen atoms in total. The quantitative estimate of drug-likeness (QED) is 0.782. The summed E-state index contributed by atoms with van der Waals surface area (Å²) in [5, 5.41) is 3.84. The third kappa shape index (κ3) is 3.46. The maximum absolute atomic E-state index is 12.4. The Morgan fingerprint density at radius 1 is 1.04 bits per heavy atom. The molecule has 0 aliphatic carbocycles. The molecule has 0 saturated heterocycles. The molecule has 0 spiro atoms. The maximum atomic E-state index is 12.4. The van der Waals surface area contributed by atoms with Crippen molar-refractivity contribution in [1.82, 2.24) is 4.98 Å². The molecule has 0 radical (unpaired) electrons. The van der Waals surface area contributed by atoms with Crippen molar-refractivity contribution in [2.75, 3.05) is 19.5 Å². The molecule has 1 N–H and O–H groups in total. The standard InChI is InChI=1S/C19H18N2O3/c1-23-15-7-5-13(6-8-15)10-18(22)21-17-12-16(24-2)11-14-4-3-9-20-19(14)17/h3-9,11-12H,10H2,1-2H3,(H,21,22). The molecule has 2 aromatic carbocycles. The molecule has 3 aromatic rings. The lowest BCUT2D eigenvalue weighted by atomic mass is 10.1. The lowest BCUT2D eigenvalue weighted by molar-refractivity contribution is -0.115. The fourth-order valence-corrected chi connectivity index (χ4v) is 2.50. The predicted octanol–water partition coefficient (Wildman–Crippen LogP) is 3.43. The first-order chi connectivity index (χ1) is 11.7. The van der Waals surface area contributed by atoms with E-state index in [1.807, 2.05) is 42.5 Å². The van der Waals surface area contributed by atoms with Crippen LogP contribution in [0.2, 0.25) is 0 Å². The van der Waals surface area contributed by atoms with Crippen molar-refractivity contribution >= 4 is 22.5 Å². The number of ether oxygens (including phenoxy) is 2. The number of aromatic nitrogens is 1. The van der Waals surface area contributed by atoms with E-state index in [4.69, 9.17) is 9.47 Å². The van der Waals surface area contributed by atoms with Crippen molar-refractivity contribution in [2.24, 2.45) is 0 Å². The number of hydrogen-bond donors (Lipinski definition) is 1. The van der Waals surface area contributed by atoms with Gasteiger partial charge in [-0.3, -0.25) is 9.78 Å². The molecule has 0 atom stereocenters. The first-order valence-corrected chi connectivity index (χ1v) is 7.55. The molecule has 0 aliphatic heterocycles. The Labute approximate surface area is 140 Å². The topological polar surface area (TPSA) is 60.5 Å². The van der Waals surface area contributed by atoms with Gasteiger partial charge in [0.25, 0.3) is 0 Å². The van der Waals surface area contributed by atoms with Crippen LogP contribution in [0.1, 0.15) is 5.56 Å². The van der Waals surface area contributed by atoms with E-state index in [1.54, 1.807) is 26.5 Å². The number of carbonyl (C=O) groups excluding carboxylic acids is 1. The molecule has 5 heteroatoms. The molecule has 1 heterocycles. The first-order valence-electron chi connectivity index (χ1n) is 7.55. The second-order valence-electron chi connectivity index (χ2n) is 5.32. The monoisotopic (exact) mass is 322 g/mol. The largest absolute Gasteiger partial charge is 0.497 e. The van der Waals surface area contributed by atoms with Crippen molar-refractivity contribution in [1.29, 1.82) is 0 Å². The Balaban J connectivity index is 1.81. The first kappa shape index (κ1) is 15.8. The number of anilines is 1. The Kier molecular flexibility index (Phi) is 4.61. The summed E-state index contributed by atoms with van der Waals surface area (Å²) in [5.74, 6) is 1.33. The molecule has 122 valence electrons. The number of fused-ring (bicyclic) bond motifs is 1. The lowest BCUT2D eigenvalue weighted by Crippen LogP contribution is -2.15. The Hall–Kier alpha value is -3.08. The Morgan fingerprint density at radius 2 is 1.79 bits per heavy atom. The van der Waals surface area contributed by atoms with Crippen molar-refractivity contribution in [3.05, 3.63) is 60.3 Å². The average molecular weight is 322 g/mol. The van der Waals surface area contributed by atoms with Crippen LogP contribution in [0.4, 0.5) is 5.69 Å². The van der Waals surface area contributed by atoms with Crippen LogP contribution in [0, 0.1) is 0 Å². The molecular formula is C19H18N2O3. The van der Waals surface area contributed by atoms with E-state index in [0.29, 0.717) is 11.4 Å². The van der Waals surface area contributed by atoms with Gasteiger partial charge in [-0.2, -0.15) is 0 Å². The molecule has 0 saturated carbocycles. The number of nitrogens with zero attached hydrogens (tertiary/aromatic N) is 1. The Bertz CT molecular complexity index is 860. The van der Waals surface area contributed by atoms with Crippen molar-refractivity contribution < 1.29 is 14.3 Å². The number of hydrogen-bond acceptors (Lipinski definition) is 4. The Morgan fingerprint density at radius 3 is 2.50 bits per heavy atom. The number of nitrogens with one attached hydrogen (secondary N) is 1. The molecule has 0 aliphatic rings. The average Bonchev–Trinajstić information content (AvgIpc) is 2.62. The van der Waals surface area contributed by atoms with E-state index >= 15 is 0 Å². The van der Waals surface area contributed by atoms with Crippen LogP contribution in [0.3, 0.4) is 0 Å². The second-order valence-corrected chi connectivity index (χ2v) is 5.32. The highest BCUT2D eigenvalue weighted by Crippen LogP contribution is 2.27. The summed E-state index contributed by atoms with van der Waals surface area (Å²) in [6, 6.07) is 14.9. The molecule has 1 aromatic heterocycles. The van der Waals surface area contributed by atoms with E-state index in [1.165, 1.54) is 0 Å². The number of pyridine rings is 1. The van der Waals surface area contributed by atoms with Gasteiger partial charge >= 0.3 is 0 Å². The van der Waals surface area contributed by atoms with Gasteiger partial charge in [-0.05, 0) is 29.8 Å². The molecular weight excluding hydrogens is 304 g/mol. The third-order valence-electron chi connectivity index (χ3n) is 3.71. The highest BCUT2D eigenvalue weighted by molar-refractivity contribution is 6.01. The van der Waals surface area contributed by atoms with Gasteiger partial charge in [-0.15, -0.1) is 0 Å². The van der Waals surface area contributed by atoms with Gasteiger partial charge in [0, 0.05) is 17.6 Å². The molecule has 24 heavy (non-hydrogen) atoms. The van der Waals surface area contributed by atoms with Gasteiger partial charge in [0.15, 0.2) is 0 Å². The minimum atomic E-state index is -0.111. The molecule has 1 amide bonds. The van der Waals surface area contributed by atoms with Gasteiger partial charge in [-0.25, -0.2) is 0 Å². The van der Waals surface area contributed by atoms with E-state index < -0.39 is 0 Å². The van der Waals surface area contributed by atoms with Crippen LogP contribution >= 0.6 is 0 Å². The molecule has 0 unspecified atom stereocenters. The van der Waals surface area contributed by atoms with Crippen LogP contribution in [0.15, 0.2) is 54.7 Å². The summed E-state index contributed by atoms with van der Waals surface area (Å²) in [5.41, 5.74) is 2.29. The number of amides is 1. The van der Waals surface area contributed by atoms with Crippen molar-refractivity contribution in [2.45, 2.75) is 6.42 Å². The van der Waals surface area contributed by atoms with Crippen LogP contribution in [0.25, 0.3) is 10.9 Å². The molecule has 0 bridgehead atoms. The van der Waals surface area contributed by atoms with E-state index in [-0.39, 0.29) is 12.3 Å². The third-order valence-corrected chi connectivity index (χ3v) is 3.71. The van der Waals surface area contributed by atoms with Gasteiger partial charge in [0.1, 0.15) is 11.5 Å². The number of methoxy groups -OCH3 is 2. The zero-order valence-corrected chi connectivity index (χ0v) is 13.6. The summed E-state index contributed by atoms with van der Waals surface area (Å²) in [4.78, 5) is 16.7. The van der Waals surface area contributed by atoms with Crippen molar-refractivity contribution in [3.8, 4) is 11.5 Å². The summed E-state index contributed by atoms with van der Waals surface area (Å²) in [6.07, 6.45) is 1.98. The summed E-state index contributed by atoms with van der Waals surface area (Å²) in [7, 11) is 3.21. The van der Waals surface area contributed by atoms with E-state index in [0.717, 1.165) is 22.2 Å². The van der Waals surface area contributed by atoms with E-state index in [2.05, 4.69) is 10.3 Å². The summed E-state index contributed by atoms with van der Waals surface area (Å²) >= 11 is 0. The zero-order valence-electron chi connectivity index (χ0n) is 13.6. The van der Waals surface area contributed by atoms with Gasteiger partial charge in [0.05, 0.1) is 31.8 Å². The van der Waals surface area contributed by atoms with Crippen molar-refractivity contribution in [3.63, 3.8) is 0 Å². The number of carbonyl (C=O) groups is 1. The number of benzene rings is 2. The van der Waals surface area contributed by atoms with E-state index in [9.17, 15) is 4.79 Å². The fourth-order valence-electron chi connectivity index (χ4n) is 2.50. The van der Waals surface area contributed by atoms with Gasteiger partial charge in [0.2, 0.25) is 5.91 Å². The zero-order chi connectivity index (χ0) is 16.9. The summed E-state index contributed by atoms with van der Waals surface area (Å²) < 4.78 is 10.4. The molecule has 3 rings (SSSR count). The fraction of sp³-hybridized carbons (Fsp3) is 0.158.